The van der Waals surface area contributed by atoms with Gasteiger partial charge < -0.3 is 21.3 Å². The number of aromatic nitrogens is 2. The van der Waals surface area contributed by atoms with Crippen molar-refractivity contribution in [3.8, 4) is 0 Å². The molecule has 23 heavy (non-hydrogen) atoms. The Kier molecular flexibility index (Phi) is 6.43. The summed E-state index contributed by atoms with van der Waals surface area (Å²) in [6.45, 7) is 4.70. The molecule has 6 nitrogen and oxygen atoms in total. The molecule has 0 amide bonds. The van der Waals surface area contributed by atoms with E-state index >= 15 is 0 Å². The minimum absolute atomic E-state index is 0.433. The van der Waals surface area contributed by atoms with Gasteiger partial charge in [0.2, 0.25) is 0 Å². The van der Waals surface area contributed by atoms with Crippen LogP contribution in [0.3, 0.4) is 0 Å². The lowest BCUT2D eigenvalue weighted by molar-refractivity contribution is 0.343. The Morgan fingerprint density at radius 2 is 2.17 bits per heavy atom. The molecule has 0 saturated heterocycles. The second kappa shape index (κ2) is 8.55. The SMILES string of the molecule is Cc1c(Cl)ncnc1NC1=C\NCCN(C)CC/C=C/C(N)=C\1. The number of hydrogen-bond acceptors (Lipinski definition) is 6. The maximum atomic E-state index is 6.05. The van der Waals surface area contributed by atoms with Crippen molar-refractivity contribution in [1.29, 1.82) is 0 Å². The summed E-state index contributed by atoms with van der Waals surface area (Å²) < 4.78 is 0. The topological polar surface area (TPSA) is 79.1 Å². The van der Waals surface area contributed by atoms with Gasteiger partial charge in [0, 0.05) is 37.1 Å². The molecule has 0 aliphatic carbocycles. The fraction of sp³-hybridized carbons (Fsp3) is 0.375. The van der Waals surface area contributed by atoms with E-state index in [1.165, 1.54) is 6.33 Å². The fourth-order valence-corrected chi connectivity index (χ4v) is 2.23. The molecule has 0 bridgehead atoms. The molecule has 2 heterocycles. The molecule has 0 unspecified atom stereocenters. The van der Waals surface area contributed by atoms with Crippen LogP contribution < -0.4 is 16.4 Å². The van der Waals surface area contributed by atoms with E-state index in [1.54, 1.807) is 0 Å². The summed E-state index contributed by atoms with van der Waals surface area (Å²) in [6.07, 6.45) is 10.2. The lowest BCUT2D eigenvalue weighted by Gasteiger charge is -2.16. The van der Waals surface area contributed by atoms with Gasteiger partial charge in [-0.05, 0) is 32.5 Å². The van der Waals surface area contributed by atoms with Crippen LogP contribution in [0.5, 0.6) is 0 Å². The number of halogens is 1. The van der Waals surface area contributed by atoms with Crippen LogP contribution in [0, 0.1) is 6.92 Å². The number of allylic oxidation sites excluding steroid dienone is 2. The van der Waals surface area contributed by atoms with Crippen LogP contribution in [-0.2, 0) is 0 Å². The van der Waals surface area contributed by atoms with E-state index in [1.807, 2.05) is 25.3 Å². The van der Waals surface area contributed by atoms with Crippen molar-refractivity contribution in [2.24, 2.45) is 5.73 Å². The van der Waals surface area contributed by atoms with Gasteiger partial charge in [-0.25, -0.2) is 9.97 Å². The molecule has 0 spiro atoms. The summed E-state index contributed by atoms with van der Waals surface area (Å²) in [7, 11) is 2.11. The first-order valence-electron chi connectivity index (χ1n) is 7.56. The quantitative estimate of drug-likeness (QED) is 0.718. The van der Waals surface area contributed by atoms with Gasteiger partial charge in [-0.1, -0.05) is 17.7 Å². The zero-order valence-electron chi connectivity index (χ0n) is 13.5. The van der Waals surface area contributed by atoms with Crippen LogP contribution >= 0.6 is 11.6 Å². The van der Waals surface area contributed by atoms with Gasteiger partial charge in [0.25, 0.3) is 0 Å². The number of nitrogens with one attached hydrogen (secondary N) is 2. The molecular formula is C16H23ClN6. The molecule has 0 atom stereocenters. The summed E-state index contributed by atoms with van der Waals surface area (Å²) in [5.41, 5.74) is 8.34. The van der Waals surface area contributed by atoms with E-state index in [2.05, 4.69) is 38.6 Å². The summed E-state index contributed by atoms with van der Waals surface area (Å²) in [5.74, 6) is 0.662. The molecule has 1 aliphatic rings. The molecule has 124 valence electrons. The van der Waals surface area contributed by atoms with Crippen molar-refractivity contribution < 1.29 is 0 Å². The molecule has 0 saturated carbocycles. The third-order valence-electron chi connectivity index (χ3n) is 3.49. The Morgan fingerprint density at radius 1 is 1.35 bits per heavy atom. The van der Waals surface area contributed by atoms with Crippen LogP contribution in [-0.4, -0.2) is 41.5 Å². The lowest BCUT2D eigenvalue weighted by atomic mass is 10.2. The molecule has 1 aliphatic heterocycles. The van der Waals surface area contributed by atoms with Gasteiger partial charge in [-0.3, -0.25) is 0 Å². The molecule has 4 N–H and O–H groups in total. The molecule has 1 aromatic rings. The minimum Gasteiger partial charge on any atom is -0.399 e. The predicted octanol–water partition coefficient (Wildman–Crippen LogP) is 2.02. The third kappa shape index (κ3) is 5.58. The van der Waals surface area contributed by atoms with E-state index in [0.29, 0.717) is 16.7 Å². The first-order valence-corrected chi connectivity index (χ1v) is 7.94. The number of rotatable bonds is 2. The van der Waals surface area contributed by atoms with Crippen LogP contribution in [0.1, 0.15) is 12.0 Å². The van der Waals surface area contributed by atoms with E-state index in [4.69, 9.17) is 17.3 Å². The molecule has 0 aromatic carbocycles. The van der Waals surface area contributed by atoms with Crippen LogP contribution in [0.2, 0.25) is 5.15 Å². The van der Waals surface area contributed by atoms with Gasteiger partial charge in [0.05, 0.1) is 5.70 Å². The van der Waals surface area contributed by atoms with Gasteiger partial charge in [0.15, 0.2) is 0 Å². The number of likely N-dealkylation sites (N-methyl/N-ethyl adjacent to an activating group) is 1. The molecular weight excluding hydrogens is 312 g/mol. The zero-order chi connectivity index (χ0) is 16.7. The highest BCUT2D eigenvalue weighted by molar-refractivity contribution is 6.30. The number of nitrogens with two attached hydrogens (primary N) is 1. The Morgan fingerprint density at radius 3 is 3.00 bits per heavy atom. The van der Waals surface area contributed by atoms with E-state index < -0.39 is 0 Å². The Hall–Kier alpha value is -2.05. The normalized spacial score (nSPS) is 23.3. The van der Waals surface area contributed by atoms with Crippen molar-refractivity contribution in [3.05, 3.63) is 52.9 Å². The molecule has 2 rings (SSSR count). The van der Waals surface area contributed by atoms with Gasteiger partial charge in [0.1, 0.15) is 17.3 Å². The van der Waals surface area contributed by atoms with E-state index in [-0.39, 0.29) is 0 Å². The number of hydrogen-bond donors (Lipinski definition) is 3. The fourth-order valence-electron chi connectivity index (χ4n) is 2.10. The van der Waals surface area contributed by atoms with Crippen molar-refractivity contribution in [2.45, 2.75) is 13.3 Å². The standard InChI is InChI=1S/C16H23ClN6/c1-12-15(17)20-11-21-16(12)22-14-9-13(18)5-3-4-7-23(2)8-6-19-10-14/h3,5,9-11,19H,4,6-8,18H2,1-2H3,(H,20,21,22)/b5-3+,13-9+,14-10-. The molecule has 1 aromatic heterocycles. The van der Waals surface area contributed by atoms with Gasteiger partial charge in [-0.2, -0.15) is 0 Å². The first-order chi connectivity index (χ1) is 11.1. The Bertz CT molecular complexity index is 623. The lowest BCUT2D eigenvalue weighted by Crippen LogP contribution is -2.28. The average Bonchev–Trinajstić information content (AvgIpc) is 2.51. The van der Waals surface area contributed by atoms with Crippen LogP contribution in [0.25, 0.3) is 0 Å². The smallest absolute Gasteiger partial charge is 0.138 e. The monoisotopic (exact) mass is 334 g/mol. The summed E-state index contributed by atoms with van der Waals surface area (Å²) in [5, 5.41) is 6.97. The number of anilines is 1. The van der Waals surface area contributed by atoms with Crippen molar-refractivity contribution in [3.63, 3.8) is 0 Å². The van der Waals surface area contributed by atoms with Crippen molar-refractivity contribution in [2.75, 3.05) is 32.0 Å². The van der Waals surface area contributed by atoms with E-state index in [9.17, 15) is 0 Å². The van der Waals surface area contributed by atoms with E-state index in [0.717, 1.165) is 37.3 Å². The van der Waals surface area contributed by atoms with Gasteiger partial charge in [-0.15, -0.1) is 0 Å². The first kappa shape index (κ1) is 17.3. The Balaban J connectivity index is 2.21. The van der Waals surface area contributed by atoms with Crippen LogP contribution in [0.15, 0.2) is 42.1 Å². The third-order valence-corrected chi connectivity index (χ3v) is 3.87. The van der Waals surface area contributed by atoms with Gasteiger partial charge >= 0.3 is 0 Å². The largest absolute Gasteiger partial charge is 0.399 e. The zero-order valence-corrected chi connectivity index (χ0v) is 14.3. The van der Waals surface area contributed by atoms with Crippen molar-refractivity contribution in [1.82, 2.24) is 20.2 Å². The molecule has 0 fully saturated rings. The molecule has 0 radical (unpaired) electrons. The summed E-state index contributed by atoms with van der Waals surface area (Å²) in [6, 6.07) is 0. The Labute approximate surface area is 142 Å². The highest BCUT2D eigenvalue weighted by Crippen LogP contribution is 2.19. The average molecular weight is 335 g/mol. The molecule has 7 heteroatoms. The minimum atomic E-state index is 0.433. The summed E-state index contributed by atoms with van der Waals surface area (Å²) >= 11 is 6.04. The highest BCUT2D eigenvalue weighted by atomic mass is 35.5. The maximum Gasteiger partial charge on any atom is 0.138 e. The highest BCUT2D eigenvalue weighted by Gasteiger charge is 2.06. The number of nitrogens with zero attached hydrogens (tertiary/aromatic N) is 3. The maximum absolute atomic E-state index is 6.05. The predicted molar refractivity (Wildman–Crippen MR) is 95.0 cm³/mol. The second-order valence-corrected chi connectivity index (χ2v) is 5.81. The van der Waals surface area contributed by atoms with Crippen molar-refractivity contribution >= 4 is 17.4 Å². The summed E-state index contributed by atoms with van der Waals surface area (Å²) in [4.78, 5) is 10.5. The van der Waals surface area contributed by atoms with Crippen LogP contribution in [0.4, 0.5) is 5.82 Å². The second-order valence-electron chi connectivity index (χ2n) is 5.46.